The second kappa shape index (κ2) is 4.42. The molecule has 0 heterocycles. The Hall–Kier alpha value is -0.0800. The predicted molar refractivity (Wildman–Crippen MR) is 60.3 cm³/mol. The molecule has 2 aliphatic rings. The van der Waals surface area contributed by atoms with E-state index in [-0.39, 0.29) is 19.1 Å². The highest BCUT2D eigenvalue weighted by Crippen LogP contribution is 2.56. The topological polar surface area (TPSA) is 40.5 Å². The Morgan fingerprint density at radius 1 is 1.07 bits per heavy atom. The quantitative estimate of drug-likeness (QED) is 0.747. The van der Waals surface area contributed by atoms with Crippen LogP contribution in [0.15, 0.2) is 0 Å². The molecule has 2 nitrogen and oxygen atoms in total. The summed E-state index contributed by atoms with van der Waals surface area (Å²) in [5.41, 5.74) is 0. The predicted octanol–water partition coefficient (Wildman–Crippen LogP) is 1.91. The molecular formula is C13H24O2. The Labute approximate surface area is 92.7 Å². The van der Waals surface area contributed by atoms with E-state index >= 15 is 0 Å². The minimum absolute atomic E-state index is 0.122. The smallest absolute Gasteiger partial charge is 0.0481 e. The van der Waals surface area contributed by atoms with Gasteiger partial charge >= 0.3 is 0 Å². The van der Waals surface area contributed by atoms with Crippen LogP contribution in [0.25, 0.3) is 0 Å². The Morgan fingerprint density at radius 2 is 1.73 bits per heavy atom. The molecule has 2 heteroatoms. The van der Waals surface area contributed by atoms with Crippen molar-refractivity contribution in [3.63, 3.8) is 0 Å². The van der Waals surface area contributed by atoms with Gasteiger partial charge in [0.15, 0.2) is 0 Å². The highest BCUT2D eigenvalue weighted by Gasteiger charge is 2.48. The summed E-state index contributed by atoms with van der Waals surface area (Å²) in [4.78, 5) is 0. The summed E-state index contributed by atoms with van der Waals surface area (Å²) < 4.78 is 0. The largest absolute Gasteiger partial charge is 0.396 e. The van der Waals surface area contributed by atoms with Crippen LogP contribution < -0.4 is 0 Å². The van der Waals surface area contributed by atoms with Crippen molar-refractivity contribution in [2.45, 2.75) is 33.1 Å². The van der Waals surface area contributed by atoms with Gasteiger partial charge < -0.3 is 10.2 Å². The normalized spacial score (nSPS) is 44.2. The van der Waals surface area contributed by atoms with Crippen LogP contribution in [0.2, 0.25) is 0 Å². The minimum Gasteiger partial charge on any atom is -0.396 e. The van der Waals surface area contributed by atoms with Crippen LogP contribution >= 0.6 is 0 Å². The summed E-state index contributed by atoms with van der Waals surface area (Å²) >= 11 is 0. The first kappa shape index (κ1) is 11.4. The molecule has 2 bridgehead atoms. The number of hydrogen-bond donors (Lipinski definition) is 2. The van der Waals surface area contributed by atoms with Crippen LogP contribution in [0.4, 0.5) is 0 Å². The highest BCUT2D eigenvalue weighted by molar-refractivity contribution is 4.97. The molecule has 0 aliphatic heterocycles. The average molecular weight is 212 g/mol. The van der Waals surface area contributed by atoms with Gasteiger partial charge in [-0.05, 0) is 48.9 Å². The molecule has 0 aromatic rings. The molecule has 2 aliphatic carbocycles. The lowest BCUT2D eigenvalue weighted by atomic mass is 9.73. The lowest BCUT2D eigenvalue weighted by molar-refractivity contribution is 0.0990. The van der Waals surface area contributed by atoms with E-state index in [9.17, 15) is 0 Å². The molecule has 2 saturated carbocycles. The van der Waals surface area contributed by atoms with Gasteiger partial charge in [0.1, 0.15) is 0 Å². The van der Waals surface area contributed by atoms with Crippen LogP contribution in [0.1, 0.15) is 33.1 Å². The number of aliphatic hydroxyl groups is 2. The van der Waals surface area contributed by atoms with Gasteiger partial charge in [-0.15, -0.1) is 0 Å². The van der Waals surface area contributed by atoms with Gasteiger partial charge in [-0.1, -0.05) is 13.8 Å². The van der Waals surface area contributed by atoms with Crippen LogP contribution in [0.3, 0.4) is 0 Å². The molecule has 2 N–H and O–H groups in total. The maximum atomic E-state index is 9.11. The Kier molecular flexibility index (Phi) is 3.36. The van der Waals surface area contributed by atoms with E-state index in [0.29, 0.717) is 0 Å². The molecule has 0 radical (unpaired) electrons. The number of hydrogen-bond acceptors (Lipinski definition) is 2. The average Bonchev–Trinajstić information content (AvgIpc) is 2.76. The fourth-order valence-electron chi connectivity index (χ4n) is 4.00. The third kappa shape index (κ3) is 1.94. The van der Waals surface area contributed by atoms with E-state index in [1.165, 1.54) is 12.8 Å². The standard InChI is InChI=1S/C13H24O2/c1-8-9(2)13-5-11(8)4-12(13)3-10(6-14)7-15/h8-15H,3-7H2,1-2H3. The van der Waals surface area contributed by atoms with Gasteiger partial charge in [-0.25, -0.2) is 0 Å². The Morgan fingerprint density at radius 3 is 2.20 bits per heavy atom. The first-order valence-corrected chi connectivity index (χ1v) is 6.39. The third-order valence-corrected chi connectivity index (χ3v) is 5.19. The minimum atomic E-state index is 0.122. The van der Waals surface area contributed by atoms with Gasteiger partial charge in [-0.3, -0.25) is 0 Å². The summed E-state index contributed by atoms with van der Waals surface area (Å²) in [7, 11) is 0. The lowest BCUT2D eigenvalue weighted by Gasteiger charge is -2.33. The molecule has 2 fully saturated rings. The SMILES string of the molecule is CC1C2CC(CC(CO)CO)C(C2)C1C. The van der Waals surface area contributed by atoms with Crippen LogP contribution in [-0.2, 0) is 0 Å². The van der Waals surface area contributed by atoms with Gasteiger partial charge in [0.2, 0.25) is 0 Å². The molecule has 15 heavy (non-hydrogen) atoms. The van der Waals surface area contributed by atoms with E-state index < -0.39 is 0 Å². The molecule has 5 unspecified atom stereocenters. The maximum Gasteiger partial charge on any atom is 0.0481 e. The van der Waals surface area contributed by atoms with Gasteiger partial charge in [-0.2, -0.15) is 0 Å². The van der Waals surface area contributed by atoms with Crippen LogP contribution in [-0.4, -0.2) is 23.4 Å². The van der Waals surface area contributed by atoms with Crippen molar-refractivity contribution in [1.82, 2.24) is 0 Å². The molecule has 2 rings (SSSR count). The molecular weight excluding hydrogens is 188 g/mol. The Bertz CT molecular complexity index is 211. The summed E-state index contributed by atoms with van der Waals surface area (Å²) in [6.45, 7) is 5.07. The molecule has 88 valence electrons. The van der Waals surface area contributed by atoms with E-state index in [2.05, 4.69) is 13.8 Å². The zero-order valence-electron chi connectivity index (χ0n) is 9.89. The van der Waals surface area contributed by atoms with Crippen LogP contribution in [0, 0.1) is 35.5 Å². The van der Waals surface area contributed by atoms with E-state index in [1.54, 1.807) is 0 Å². The van der Waals surface area contributed by atoms with E-state index in [0.717, 1.165) is 36.0 Å². The van der Waals surface area contributed by atoms with Crippen molar-refractivity contribution in [2.75, 3.05) is 13.2 Å². The fraction of sp³-hybridized carbons (Fsp3) is 1.00. The first-order valence-electron chi connectivity index (χ1n) is 6.39. The number of rotatable bonds is 4. The van der Waals surface area contributed by atoms with Crippen molar-refractivity contribution < 1.29 is 10.2 Å². The van der Waals surface area contributed by atoms with Crippen molar-refractivity contribution in [2.24, 2.45) is 35.5 Å². The zero-order chi connectivity index (χ0) is 11.0. The molecule has 5 atom stereocenters. The summed E-state index contributed by atoms with van der Waals surface area (Å²) in [5, 5.41) is 18.2. The third-order valence-electron chi connectivity index (χ3n) is 5.19. The zero-order valence-corrected chi connectivity index (χ0v) is 9.89. The maximum absolute atomic E-state index is 9.11. The molecule has 0 amide bonds. The lowest BCUT2D eigenvalue weighted by Crippen LogP contribution is -2.27. The van der Waals surface area contributed by atoms with Crippen molar-refractivity contribution in [3.05, 3.63) is 0 Å². The Balaban J connectivity index is 1.92. The second-order valence-electron chi connectivity index (χ2n) is 5.84. The number of aliphatic hydroxyl groups excluding tert-OH is 2. The molecule has 0 aromatic carbocycles. The molecule has 0 saturated heterocycles. The summed E-state index contributed by atoms with van der Waals surface area (Å²) in [5.74, 6) is 4.43. The van der Waals surface area contributed by atoms with Gasteiger partial charge in [0, 0.05) is 19.1 Å². The van der Waals surface area contributed by atoms with Gasteiger partial charge in [0.05, 0.1) is 0 Å². The monoisotopic (exact) mass is 212 g/mol. The van der Waals surface area contributed by atoms with Crippen molar-refractivity contribution in [1.29, 1.82) is 0 Å². The second-order valence-corrected chi connectivity index (χ2v) is 5.84. The number of fused-ring (bicyclic) bond motifs is 2. The van der Waals surface area contributed by atoms with E-state index in [1.807, 2.05) is 0 Å². The van der Waals surface area contributed by atoms with Crippen LogP contribution in [0.5, 0.6) is 0 Å². The van der Waals surface area contributed by atoms with Crippen molar-refractivity contribution in [3.8, 4) is 0 Å². The van der Waals surface area contributed by atoms with Gasteiger partial charge in [0.25, 0.3) is 0 Å². The van der Waals surface area contributed by atoms with E-state index in [4.69, 9.17) is 10.2 Å². The van der Waals surface area contributed by atoms with Crippen molar-refractivity contribution >= 4 is 0 Å². The first-order chi connectivity index (χ1) is 7.17. The highest BCUT2D eigenvalue weighted by atomic mass is 16.3. The molecule has 0 spiro atoms. The summed E-state index contributed by atoms with van der Waals surface area (Å²) in [6, 6.07) is 0. The fourth-order valence-corrected chi connectivity index (χ4v) is 4.00. The summed E-state index contributed by atoms with van der Waals surface area (Å²) in [6.07, 6.45) is 3.77. The molecule has 0 aromatic heterocycles.